The Hall–Kier alpha value is -2.00. The highest BCUT2D eigenvalue weighted by atomic mass is 16.6. The number of hydrogen-bond donors (Lipinski definition) is 5. The van der Waals surface area contributed by atoms with Crippen LogP contribution in [0.3, 0.4) is 0 Å². The topological polar surface area (TPSA) is 136 Å². The Kier molecular flexibility index (Phi) is 4.53. The van der Waals surface area contributed by atoms with Gasteiger partial charge >= 0.3 is 5.97 Å². The van der Waals surface area contributed by atoms with Crippen LogP contribution in [0.15, 0.2) is 30.3 Å². The number of carbonyl (C=O) groups is 2. The zero-order valence-electron chi connectivity index (χ0n) is 10.8. The van der Waals surface area contributed by atoms with Crippen molar-refractivity contribution in [2.45, 2.75) is 30.6 Å². The summed E-state index contributed by atoms with van der Waals surface area (Å²) >= 11 is 0. The lowest BCUT2D eigenvalue weighted by Gasteiger charge is -2.38. The molecule has 1 heterocycles. The summed E-state index contributed by atoms with van der Waals surface area (Å²) in [5.74, 6) is -2.11. The summed E-state index contributed by atoms with van der Waals surface area (Å²) in [5.41, 5.74) is 0.279. The maximum absolute atomic E-state index is 11.9. The molecule has 1 aliphatic rings. The quantitative estimate of drug-likeness (QED) is 0.449. The Balaban J connectivity index is 2.11. The lowest BCUT2D eigenvalue weighted by atomic mass is 9.98. The van der Waals surface area contributed by atoms with Gasteiger partial charge in [-0.15, -0.1) is 0 Å². The number of carbonyl (C=O) groups excluding carboxylic acids is 1. The Morgan fingerprint density at radius 1 is 1.00 bits per heavy atom. The predicted molar refractivity (Wildman–Crippen MR) is 68.2 cm³/mol. The maximum Gasteiger partial charge on any atom is 0.335 e. The van der Waals surface area contributed by atoms with Crippen LogP contribution < -0.4 is 5.32 Å². The van der Waals surface area contributed by atoms with Crippen LogP contribution in [0, 0.1) is 0 Å². The van der Waals surface area contributed by atoms with Crippen LogP contribution in [0.2, 0.25) is 0 Å². The van der Waals surface area contributed by atoms with Crippen molar-refractivity contribution in [3.8, 4) is 0 Å². The van der Waals surface area contributed by atoms with Crippen molar-refractivity contribution in [2.24, 2.45) is 0 Å². The Morgan fingerprint density at radius 3 is 2.19 bits per heavy atom. The number of carboxylic acids is 1. The zero-order chi connectivity index (χ0) is 15.6. The van der Waals surface area contributed by atoms with Crippen LogP contribution in [-0.2, 0) is 9.53 Å². The third kappa shape index (κ3) is 3.19. The van der Waals surface area contributed by atoms with Crippen LogP contribution in [0.4, 0.5) is 0 Å². The molecular formula is C13H15NO7. The Labute approximate surface area is 119 Å². The Bertz CT molecular complexity index is 521. The minimum absolute atomic E-state index is 0.279. The van der Waals surface area contributed by atoms with E-state index in [9.17, 15) is 24.9 Å². The van der Waals surface area contributed by atoms with Gasteiger partial charge in [0.05, 0.1) is 0 Å². The fourth-order valence-corrected chi connectivity index (χ4v) is 2.00. The molecule has 0 saturated carbocycles. The van der Waals surface area contributed by atoms with Crippen molar-refractivity contribution < 1.29 is 34.8 Å². The van der Waals surface area contributed by atoms with Gasteiger partial charge in [-0.05, 0) is 12.1 Å². The molecule has 5 atom stereocenters. The van der Waals surface area contributed by atoms with E-state index in [1.54, 1.807) is 18.2 Å². The number of rotatable bonds is 3. The number of aliphatic hydroxyl groups is 3. The summed E-state index contributed by atoms with van der Waals surface area (Å²) in [6.07, 6.45) is -8.38. The molecule has 8 heteroatoms. The zero-order valence-corrected chi connectivity index (χ0v) is 10.8. The number of hydrogen-bond acceptors (Lipinski definition) is 6. The lowest BCUT2D eigenvalue weighted by molar-refractivity contribution is -0.231. The first-order valence-corrected chi connectivity index (χ1v) is 6.20. The number of ether oxygens (including phenoxy) is 1. The van der Waals surface area contributed by atoms with Gasteiger partial charge in [-0.3, -0.25) is 4.79 Å². The second-order valence-electron chi connectivity index (χ2n) is 4.63. The van der Waals surface area contributed by atoms with E-state index in [0.717, 1.165) is 0 Å². The second-order valence-corrected chi connectivity index (χ2v) is 4.63. The van der Waals surface area contributed by atoms with Crippen molar-refractivity contribution in [1.82, 2.24) is 5.32 Å². The van der Waals surface area contributed by atoms with Gasteiger partial charge in [-0.1, -0.05) is 18.2 Å². The highest BCUT2D eigenvalue weighted by Crippen LogP contribution is 2.20. The normalized spacial score (nSPS) is 32.4. The molecule has 8 nitrogen and oxygen atoms in total. The number of carboxylic acid groups (broad SMARTS) is 1. The van der Waals surface area contributed by atoms with E-state index in [-0.39, 0.29) is 5.56 Å². The monoisotopic (exact) mass is 297 g/mol. The van der Waals surface area contributed by atoms with Crippen LogP contribution in [-0.4, -0.2) is 62.9 Å². The number of amides is 1. The molecule has 1 aliphatic heterocycles. The van der Waals surface area contributed by atoms with Gasteiger partial charge in [0.2, 0.25) is 0 Å². The summed E-state index contributed by atoms with van der Waals surface area (Å²) < 4.78 is 4.94. The van der Waals surface area contributed by atoms with Crippen molar-refractivity contribution in [3.63, 3.8) is 0 Å². The first-order valence-electron chi connectivity index (χ1n) is 6.20. The minimum Gasteiger partial charge on any atom is -0.479 e. The molecule has 5 N–H and O–H groups in total. The molecule has 0 spiro atoms. The molecule has 0 aliphatic carbocycles. The van der Waals surface area contributed by atoms with E-state index in [4.69, 9.17) is 9.84 Å². The fourth-order valence-electron chi connectivity index (χ4n) is 2.00. The number of benzene rings is 1. The highest BCUT2D eigenvalue weighted by Gasteiger charge is 2.47. The van der Waals surface area contributed by atoms with Crippen LogP contribution >= 0.6 is 0 Å². The van der Waals surface area contributed by atoms with Gasteiger partial charge in [0, 0.05) is 5.56 Å². The van der Waals surface area contributed by atoms with Crippen molar-refractivity contribution in [2.75, 3.05) is 0 Å². The van der Waals surface area contributed by atoms with Crippen molar-refractivity contribution in [1.29, 1.82) is 0 Å². The SMILES string of the molecule is O=C(N[C@@H]1O[C@H](C(=O)O)[C@@H](O)[C@H](O)[C@H]1O)c1ccccc1. The first kappa shape index (κ1) is 15.4. The molecule has 0 bridgehead atoms. The van der Waals surface area contributed by atoms with Crippen molar-refractivity contribution in [3.05, 3.63) is 35.9 Å². The molecule has 21 heavy (non-hydrogen) atoms. The van der Waals surface area contributed by atoms with E-state index in [1.165, 1.54) is 12.1 Å². The van der Waals surface area contributed by atoms with E-state index >= 15 is 0 Å². The number of nitrogens with one attached hydrogen (secondary N) is 1. The molecule has 114 valence electrons. The third-order valence-electron chi connectivity index (χ3n) is 3.17. The number of aliphatic carboxylic acids is 1. The van der Waals surface area contributed by atoms with E-state index < -0.39 is 42.5 Å². The van der Waals surface area contributed by atoms with E-state index in [1.807, 2.05) is 0 Å². The summed E-state index contributed by atoms with van der Waals surface area (Å²) in [4.78, 5) is 22.9. The molecule has 0 unspecified atom stereocenters. The third-order valence-corrected chi connectivity index (χ3v) is 3.17. The largest absolute Gasteiger partial charge is 0.479 e. The molecule has 1 fully saturated rings. The summed E-state index contributed by atoms with van der Waals surface area (Å²) in [6.45, 7) is 0. The fraction of sp³-hybridized carbons (Fsp3) is 0.385. The van der Waals surface area contributed by atoms with Gasteiger partial charge in [0.1, 0.15) is 18.3 Å². The van der Waals surface area contributed by atoms with Gasteiger partial charge in [0.25, 0.3) is 5.91 Å². The van der Waals surface area contributed by atoms with Crippen LogP contribution in [0.25, 0.3) is 0 Å². The lowest BCUT2D eigenvalue weighted by Crippen LogP contribution is -2.64. The average molecular weight is 297 g/mol. The molecule has 1 amide bonds. The van der Waals surface area contributed by atoms with E-state index in [0.29, 0.717) is 0 Å². The van der Waals surface area contributed by atoms with Crippen molar-refractivity contribution >= 4 is 11.9 Å². The standard InChI is InChI=1S/C13H15NO7/c15-7-8(16)10(13(19)20)21-12(9(7)17)14-11(18)6-4-2-1-3-5-6/h1-5,7-10,12,15-17H,(H,14,18)(H,19,20)/t7-,8-,9+,10-,12+/m0/s1. The summed E-state index contributed by atoms with van der Waals surface area (Å²) in [7, 11) is 0. The highest BCUT2D eigenvalue weighted by molar-refractivity contribution is 5.94. The summed E-state index contributed by atoms with van der Waals surface area (Å²) in [6, 6.07) is 8.01. The minimum atomic E-state index is -1.79. The van der Waals surface area contributed by atoms with Gasteiger partial charge in [-0.25, -0.2) is 4.79 Å². The van der Waals surface area contributed by atoms with Crippen LogP contribution in [0.5, 0.6) is 0 Å². The first-order chi connectivity index (χ1) is 9.91. The summed E-state index contributed by atoms with van der Waals surface area (Å²) in [5, 5.41) is 40.1. The van der Waals surface area contributed by atoms with Crippen LogP contribution in [0.1, 0.15) is 10.4 Å². The predicted octanol–water partition coefficient (Wildman–Crippen LogP) is -1.69. The molecule has 1 aromatic rings. The second kappa shape index (κ2) is 6.19. The number of aliphatic hydroxyl groups excluding tert-OH is 3. The Morgan fingerprint density at radius 2 is 1.62 bits per heavy atom. The van der Waals surface area contributed by atoms with Gasteiger partial charge in [-0.2, -0.15) is 0 Å². The van der Waals surface area contributed by atoms with E-state index in [2.05, 4.69) is 5.32 Å². The van der Waals surface area contributed by atoms with Gasteiger partial charge < -0.3 is 30.5 Å². The molecule has 0 radical (unpaired) electrons. The molecule has 1 saturated heterocycles. The maximum atomic E-state index is 11.9. The average Bonchev–Trinajstić information content (AvgIpc) is 2.48. The molecule has 0 aromatic heterocycles. The molecular weight excluding hydrogens is 282 g/mol. The molecule has 1 aromatic carbocycles. The smallest absolute Gasteiger partial charge is 0.335 e. The molecule has 2 rings (SSSR count). The van der Waals surface area contributed by atoms with Gasteiger partial charge in [0.15, 0.2) is 12.3 Å².